The molecule has 3 aromatic rings. The number of rotatable bonds is 3. The van der Waals surface area contributed by atoms with Crippen molar-refractivity contribution >= 4 is 17.0 Å². The Morgan fingerprint density at radius 1 is 0.909 bits per heavy atom. The second-order valence-electron chi connectivity index (χ2n) is 5.46. The van der Waals surface area contributed by atoms with E-state index in [1.165, 1.54) is 22.4 Å². The van der Waals surface area contributed by atoms with Crippen LogP contribution in [0.15, 0.2) is 58.9 Å². The Balaban J connectivity index is 2.07. The van der Waals surface area contributed by atoms with Crippen LogP contribution in [0.1, 0.15) is 18.1 Å². The molecule has 2 nitrogen and oxygen atoms in total. The second-order valence-corrected chi connectivity index (χ2v) is 6.30. The predicted molar refractivity (Wildman–Crippen MR) is 94.6 cm³/mol. The largest absolute Gasteiger partial charge is 0.317 e. The van der Waals surface area contributed by atoms with Gasteiger partial charge in [0.1, 0.15) is 0 Å². The minimum Gasteiger partial charge on any atom is -0.317 e. The van der Waals surface area contributed by atoms with Crippen molar-refractivity contribution in [1.29, 1.82) is 0 Å². The third-order valence-corrected chi connectivity index (χ3v) is 4.58. The highest BCUT2D eigenvalue weighted by atomic mass is 32.1. The number of aryl methyl sites for hydroxylation is 2. The van der Waals surface area contributed by atoms with Crippen LogP contribution in [0.4, 0.5) is 5.69 Å². The van der Waals surface area contributed by atoms with Crippen molar-refractivity contribution in [1.82, 2.24) is 4.57 Å². The zero-order valence-corrected chi connectivity index (χ0v) is 14.0. The van der Waals surface area contributed by atoms with Gasteiger partial charge in [-0.1, -0.05) is 47.5 Å². The van der Waals surface area contributed by atoms with Crippen molar-refractivity contribution in [3.05, 3.63) is 69.8 Å². The summed E-state index contributed by atoms with van der Waals surface area (Å²) in [5.74, 6) is 0. The molecule has 0 bridgehead atoms. The van der Waals surface area contributed by atoms with Gasteiger partial charge in [-0.05, 0) is 38.5 Å². The number of benzene rings is 2. The maximum atomic E-state index is 4.80. The van der Waals surface area contributed by atoms with Gasteiger partial charge in [0.2, 0.25) is 0 Å². The fraction of sp³-hybridized carbons (Fsp3) is 0.211. The van der Waals surface area contributed by atoms with Crippen molar-refractivity contribution in [3.8, 4) is 11.3 Å². The van der Waals surface area contributed by atoms with Crippen LogP contribution in [0.3, 0.4) is 0 Å². The van der Waals surface area contributed by atoms with Crippen molar-refractivity contribution in [2.75, 3.05) is 0 Å². The molecule has 3 rings (SSSR count). The third-order valence-electron chi connectivity index (χ3n) is 3.72. The molecule has 0 unspecified atom stereocenters. The number of nitrogens with zero attached hydrogens (tertiary/aromatic N) is 2. The van der Waals surface area contributed by atoms with Gasteiger partial charge in [-0.3, -0.25) is 0 Å². The molecule has 0 saturated heterocycles. The summed E-state index contributed by atoms with van der Waals surface area (Å²) in [4.78, 5) is 5.84. The van der Waals surface area contributed by atoms with Crippen LogP contribution in [0.25, 0.3) is 11.3 Å². The molecule has 0 fully saturated rings. The van der Waals surface area contributed by atoms with Gasteiger partial charge in [0.15, 0.2) is 4.80 Å². The molecule has 0 atom stereocenters. The molecule has 0 spiro atoms. The molecule has 0 amide bonds. The van der Waals surface area contributed by atoms with E-state index < -0.39 is 0 Å². The normalized spacial score (nSPS) is 11.9. The summed E-state index contributed by atoms with van der Waals surface area (Å²) >= 11 is 1.70. The smallest absolute Gasteiger partial charge is 0.190 e. The Morgan fingerprint density at radius 3 is 2.09 bits per heavy atom. The standard InChI is InChI=1S/C19H20N2S/c1-4-21-18(16-9-5-14(2)6-10-16)13-22-19(21)20-17-11-7-15(3)8-12-17/h5-13H,4H2,1-3H3. The number of hydrogen-bond donors (Lipinski definition) is 0. The quantitative estimate of drug-likeness (QED) is 0.641. The van der Waals surface area contributed by atoms with Crippen LogP contribution >= 0.6 is 11.3 Å². The fourth-order valence-corrected chi connectivity index (χ4v) is 3.40. The summed E-state index contributed by atoms with van der Waals surface area (Å²) in [5.41, 5.74) is 6.03. The minimum atomic E-state index is 0.914. The average molecular weight is 308 g/mol. The first kappa shape index (κ1) is 14.8. The van der Waals surface area contributed by atoms with Crippen LogP contribution in [0.2, 0.25) is 0 Å². The van der Waals surface area contributed by atoms with Gasteiger partial charge in [-0.2, -0.15) is 0 Å². The molecule has 0 aliphatic carbocycles. The van der Waals surface area contributed by atoms with Gasteiger partial charge in [0, 0.05) is 11.9 Å². The van der Waals surface area contributed by atoms with E-state index in [1.807, 2.05) is 0 Å². The molecule has 112 valence electrons. The summed E-state index contributed by atoms with van der Waals surface area (Å²) in [6.07, 6.45) is 0. The van der Waals surface area contributed by atoms with Gasteiger partial charge < -0.3 is 4.57 Å². The minimum absolute atomic E-state index is 0.914. The predicted octanol–water partition coefficient (Wildman–Crippen LogP) is 5.09. The molecule has 3 heteroatoms. The summed E-state index contributed by atoms with van der Waals surface area (Å²) in [7, 11) is 0. The number of thiazole rings is 1. The van der Waals surface area contributed by atoms with Gasteiger partial charge >= 0.3 is 0 Å². The van der Waals surface area contributed by atoms with Crippen LogP contribution in [-0.2, 0) is 6.54 Å². The number of aromatic nitrogens is 1. The van der Waals surface area contributed by atoms with E-state index in [0.29, 0.717) is 0 Å². The molecule has 0 aliphatic rings. The van der Waals surface area contributed by atoms with Gasteiger partial charge in [0.25, 0.3) is 0 Å². The third kappa shape index (κ3) is 3.04. The molecule has 22 heavy (non-hydrogen) atoms. The second kappa shape index (κ2) is 6.32. The molecule has 1 heterocycles. The molecule has 2 aromatic carbocycles. The fourth-order valence-electron chi connectivity index (χ4n) is 2.41. The first-order chi connectivity index (χ1) is 10.7. The lowest BCUT2D eigenvalue weighted by Crippen LogP contribution is -2.14. The first-order valence-electron chi connectivity index (χ1n) is 7.54. The SMILES string of the molecule is CCn1c(-c2ccc(C)cc2)csc1=Nc1ccc(C)cc1. The van der Waals surface area contributed by atoms with Gasteiger partial charge in [0.05, 0.1) is 11.4 Å². The summed E-state index contributed by atoms with van der Waals surface area (Å²) in [5, 5.41) is 2.20. The molecule has 0 radical (unpaired) electrons. The Labute approximate surface area is 135 Å². The van der Waals surface area contributed by atoms with E-state index in [4.69, 9.17) is 4.99 Å². The summed E-state index contributed by atoms with van der Waals surface area (Å²) in [6, 6.07) is 17.0. The molecule has 0 aliphatic heterocycles. The Morgan fingerprint density at radius 2 is 1.50 bits per heavy atom. The zero-order chi connectivity index (χ0) is 15.5. The van der Waals surface area contributed by atoms with Crippen LogP contribution in [0, 0.1) is 13.8 Å². The maximum absolute atomic E-state index is 4.80. The summed E-state index contributed by atoms with van der Waals surface area (Å²) in [6.45, 7) is 7.29. The van der Waals surface area contributed by atoms with E-state index in [1.54, 1.807) is 11.3 Å². The van der Waals surface area contributed by atoms with Crippen molar-refractivity contribution < 1.29 is 0 Å². The molecular weight excluding hydrogens is 288 g/mol. The lowest BCUT2D eigenvalue weighted by atomic mass is 10.1. The van der Waals surface area contributed by atoms with Crippen LogP contribution in [0.5, 0.6) is 0 Å². The highest BCUT2D eigenvalue weighted by molar-refractivity contribution is 7.07. The Bertz CT molecular complexity index is 821. The average Bonchev–Trinajstić information content (AvgIpc) is 2.93. The van der Waals surface area contributed by atoms with Gasteiger partial charge in [-0.15, -0.1) is 11.3 Å². The molecular formula is C19H20N2S. The monoisotopic (exact) mass is 308 g/mol. The molecule has 0 saturated carbocycles. The zero-order valence-electron chi connectivity index (χ0n) is 13.2. The maximum Gasteiger partial charge on any atom is 0.190 e. The van der Waals surface area contributed by atoms with E-state index >= 15 is 0 Å². The Hall–Kier alpha value is -2.13. The highest BCUT2D eigenvalue weighted by Crippen LogP contribution is 2.21. The van der Waals surface area contributed by atoms with Crippen molar-refractivity contribution in [2.45, 2.75) is 27.3 Å². The highest BCUT2D eigenvalue weighted by Gasteiger charge is 2.06. The number of hydrogen-bond acceptors (Lipinski definition) is 2. The van der Waals surface area contributed by atoms with Crippen molar-refractivity contribution in [3.63, 3.8) is 0 Å². The lowest BCUT2D eigenvalue weighted by molar-refractivity contribution is 0.745. The van der Waals surface area contributed by atoms with E-state index in [0.717, 1.165) is 17.0 Å². The molecule has 0 N–H and O–H groups in total. The van der Waals surface area contributed by atoms with Crippen LogP contribution in [-0.4, -0.2) is 4.57 Å². The Kier molecular flexibility index (Phi) is 4.25. The molecule has 1 aromatic heterocycles. The lowest BCUT2D eigenvalue weighted by Gasteiger charge is -2.06. The van der Waals surface area contributed by atoms with E-state index in [-0.39, 0.29) is 0 Å². The van der Waals surface area contributed by atoms with Crippen LogP contribution < -0.4 is 4.80 Å². The summed E-state index contributed by atoms with van der Waals surface area (Å²) < 4.78 is 2.27. The van der Waals surface area contributed by atoms with Crippen molar-refractivity contribution in [2.24, 2.45) is 4.99 Å². The van der Waals surface area contributed by atoms with Gasteiger partial charge in [-0.25, -0.2) is 4.99 Å². The van der Waals surface area contributed by atoms with E-state index in [9.17, 15) is 0 Å². The first-order valence-corrected chi connectivity index (χ1v) is 8.42. The topological polar surface area (TPSA) is 17.3 Å². The van der Waals surface area contributed by atoms with E-state index in [2.05, 4.69) is 79.2 Å².